The Bertz CT molecular complexity index is 453. The molecule has 0 atom stereocenters. The third-order valence-electron chi connectivity index (χ3n) is 3.21. The zero-order valence-electron chi connectivity index (χ0n) is 12.7. The Labute approximate surface area is 136 Å². The number of rotatable bonds is 9. The van der Waals surface area contributed by atoms with E-state index in [0.29, 0.717) is 22.8 Å². The van der Waals surface area contributed by atoms with E-state index >= 15 is 0 Å². The van der Waals surface area contributed by atoms with E-state index in [1.165, 1.54) is 0 Å². The van der Waals surface area contributed by atoms with Gasteiger partial charge in [-0.1, -0.05) is 25.4 Å². The van der Waals surface area contributed by atoms with Gasteiger partial charge in [0, 0.05) is 29.5 Å². The minimum Gasteiger partial charge on any atom is -0.397 e. The van der Waals surface area contributed by atoms with E-state index in [2.05, 4.69) is 24.1 Å². The van der Waals surface area contributed by atoms with Crippen molar-refractivity contribution >= 4 is 40.6 Å². The first kappa shape index (κ1) is 18.1. The summed E-state index contributed by atoms with van der Waals surface area (Å²) in [6.45, 7) is 7.55. The molecule has 0 aliphatic carbocycles. The molecule has 0 aromatic heterocycles. The van der Waals surface area contributed by atoms with Gasteiger partial charge in [0.05, 0.1) is 11.4 Å². The van der Waals surface area contributed by atoms with E-state index in [9.17, 15) is 4.79 Å². The fraction of sp³-hybridized carbons (Fsp3) is 0.533. The van der Waals surface area contributed by atoms with Crippen LogP contribution in [0.15, 0.2) is 18.2 Å². The number of thioether (sulfide) groups is 1. The van der Waals surface area contributed by atoms with Crippen molar-refractivity contribution in [2.75, 3.05) is 42.2 Å². The third-order valence-corrected chi connectivity index (χ3v) is 4.41. The van der Waals surface area contributed by atoms with E-state index in [-0.39, 0.29) is 5.91 Å². The van der Waals surface area contributed by atoms with Crippen molar-refractivity contribution in [2.45, 2.75) is 20.3 Å². The lowest BCUT2D eigenvalue weighted by molar-refractivity contribution is -0.115. The van der Waals surface area contributed by atoms with Crippen molar-refractivity contribution in [3.63, 3.8) is 0 Å². The number of nitrogens with two attached hydrogens (primary N) is 1. The molecule has 118 valence electrons. The highest BCUT2D eigenvalue weighted by Crippen LogP contribution is 2.23. The van der Waals surface area contributed by atoms with Crippen molar-refractivity contribution < 1.29 is 4.79 Å². The Morgan fingerprint density at radius 1 is 1.33 bits per heavy atom. The molecule has 0 aliphatic rings. The molecule has 21 heavy (non-hydrogen) atoms. The molecular formula is C15H24ClN3OS. The van der Waals surface area contributed by atoms with Gasteiger partial charge in [-0.2, -0.15) is 11.8 Å². The summed E-state index contributed by atoms with van der Waals surface area (Å²) < 4.78 is 0. The molecule has 3 N–H and O–H groups in total. The highest BCUT2D eigenvalue weighted by molar-refractivity contribution is 7.99. The van der Waals surface area contributed by atoms with Crippen molar-refractivity contribution in [1.29, 1.82) is 0 Å². The van der Waals surface area contributed by atoms with Crippen LogP contribution in [0.5, 0.6) is 0 Å². The SMILES string of the molecule is CCN(CC)CCSCCC(=O)Nc1cc(Cl)ccc1N. The summed E-state index contributed by atoms with van der Waals surface area (Å²) in [5.74, 6) is 1.83. The smallest absolute Gasteiger partial charge is 0.225 e. The summed E-state index contributed by atoms with van der Waals surface area (Å²) in [4.78, 5) is 14.2. The first-order valence-corrected chi connectivity index (χ1v) is 8.75. The molecule has 0 spiro atoms. The second kappa shape index (κ2) is 9.92. The molecule has 1 rings (SSSR count). The van der Waals surface area contributed by atoms with E-state index in [1.807, 2.05) is 0 Å². The number of benzene rings is 1. The number of nitrogens with one attached hydrogen (secondary N) is 1. The van der Waals surface area contributed by atoms with Gasteiger partial charge in [0.1, 0.15) is 0 Å². The van der Waals surface area contributed by atoms with Crippen LogP contribution < -0.4 is 11.1 Å². The van der Waals surface area contributed by atoms with Gasteiger partial charge in [-0.25, -0.2) is 0 Å². The van der Waals surface area contributed by atoms with E-state index < -0.39 is 0 Å². The second-order valence-corrected chi connectivity index (χ2v) is 6.33. The number of nitrogen functional groups attached to an aromatic ring is 1. The molecule has 0 heterocycles. The van der Waals surface area contributed by atoms with Crippen LogP contribution in [0.2, 0.25) is 5.02 Å². The molecule has 0 bridgehead atoms. The molecule has 0 fully saturated rings. The summed E-state index contributed by atoms with van der Waals surface area (Å²) in [6, 6.07) is 5.06. The number of hydrogen-bond donors (Lipinski definition) is 2. The van der Waals surface area contributed by atoms with Crippen LogP contribution in [0.3, 0.4) is 0 Å². The van der Waals surface area contributed by atoms with Crippen molar-refractivity contribution in [3.8, 4) is 0 Å². The zero-order valence-corrected chi connectivity index (χ0v) is 14.3. The summed E-state index contributed by atoms with van der Waals surface area (Å²) >= 11 is 7.69. The Kier molecular flexibility index (Phi) is 8.57. The van der Waals surface area contributed by atoms with Gasteiger partial charge in [0.25, 0.3) is 0 Å². The monoisotopic (exact) mass is 329 g/mol. The lowest BCUT2D eigenvalue weighted by Gasteiger charge is -2.17. The van der Waals surface area contributed by atoms with Gasteiger partial charge in [-0.15, -0.1) is 0 Å². The van der Waals surface area contributed by atoms with Gasteiger partial charge < -0.3 is 16.0 Å². The maximum atomic E-state index is 11.9. The van der Waals surface area contributed by atoms with Crippen LogP contribution in [0.4, 0.5) is 11.4 Å². The minimum absolute atomic E-state index is 0.0284. The molecule has 0 aliphatic heterocycles. The highest BCUT2D eigenvalue weighted by atomic mass is 35.5. The normalized spacial score (nSPS) is 10.9. The Morgan fingerprint density at radius 2 is 2.05 bits per heavy atom. The number of amides is 1. The van der Waals surface area contributed by atoms with Gasteiger partial charge in [-0.05, 0) is 31.3 Å². The van der Waals surface area contributed by atoms with Gasteiger partial charge in [0.2, 0.25) is 5.91 Å². The fourth-order valence-electron chi connectivity index (χ4n) is 1.85. The Morgan fingerprint density at radius 3 is 2.71 bits per heavy atom. The van der Waals surface area contributed by atoms with Crippen LogP contribution in [0.25, 0.3) is 0 Å². The van der Waals surface area contributed by atoms with E-state index in [4.69, 9.17) is 17.3 Å². The minimum atomic E-state index is -0.0284. The van der Waals surface area contributed by atoms with Crippen LogP contribution >= 0.6 is 23.4 Å². The molecule has 1 aromatic carbocycles. The first-order chi connectivity index (χ1) is 10.1. The van der Waals surface area contributed by atoms with Crippen molar-refractivity contribution in [3.05, 3.63) is 23.2 Å². The van der Waals surface area contributed by atoms with Crippen LogP contribution in [-0.2, 0) is 4.79 Å². The molecule has 0 radical (unpaired) electrons. The standard InChI is InChI=1S/C15H24ClN3OS/c1-3-19(4-2)8-10-21-9-7-15(20)18-14-11-12(16)5-6-13(14)17/h5-6,11H,3-4,7-10,17H2,1-2H3,(H,18,20). The Balaban J connectivity index is 2.24. The molecule has 0 unspecified atom stereocenters. The quantitative estimate of drug-likeness (QED) is 0.539. The van der Waals surface area contributed by atoms with Crippen molar-refractivity contribution in [2.24, 2.45) is 0 Å². The molecular weight excluding hydrogens is 306 g/mol. The molecule has 1 aromatic rings. The summed E-state index contributed by atoms with van der Waals surface area (Å²) in [5.41, 5.74) is 6.91. The van der Waals surface area contributed by atoms with Crippen LogP contribution in [0.1, 0.15) is 20.3 Å². The highest BCUT2D eigenvalue weighted by Gasteiger charge is 2.06. The maximum absolute atomic E-state index is 11.9. The average molecular weight is 330 g/mol. The molecule has 0 saturated carbocycles. The largest absolute Gasteiger partial charge is 0.397 e. The predicted molar refractivity (Wildman–Crippen MR) is 94.2 cm³/mol. The number of carbonyl (C=O) groups is 1. The maximum Gasteiger partial charge on any atom is 0.225 e. The molecule has 4 nitrogen and oxygen atoms in total. The molecule has 1 amide bonds. The van der Waals surface area contributed by atoms with Gasteiger partial charge >= 0.3 is 0 Å². The van der Waals surface area contributed by atoms with Crippen LogP contribution in [0, 0.1) is 0 Å². The van der Waals surface area contributed by atoms with E-state index in [0.717, 1.165) is 31.1 Å². The Hall–Kier alpha value is -0.910. The number of anilines is 2. The second-order valence-electron chi connectivity index (χ2n) is 4.67. The van der Waals surface area contributed by atoms with Crippen molar-refractivity contribution in [1.82, 2.24) is 4.90 Å². The number of nitrogens with zero attached hydrogens (tertiary/aromatic N) is 1. The molecule has 6 heteroatoms. The topological polar surface area (TPSA) is 58.4 Å². The summed E-state index contributed by atoms with van der Waals surface area (Å²) in [6.07, 6.45) is 0.481. The lowest BCUT2D eigenvalue weighted by Crippen LogP contribution is -2.25. The zero-order chi connectivity index (χ0) is 15.7. The first-order valence-electron chi connectivity index (χ1n) is 7.21. The third kappa shape index (κ3) is 7.07. The number of hydrogen-bond acceptors (Lipinski definition) is 4. The average Bonchev–Trinajstić information content (AvgIpc) is 2.47. The summed E-state index contributed by atoms with van der Waals surface area (Å²) in [7, 11) is 0. The number of halogens is 1. The predicted octanol–water partition coefficient (Wildman–Crippen LogP) is 3.33. The van der Waals surface area contributed by atoms with Gasteiger partial charge in [0.15, 0.2) is 0 Å². The van der Waals surface area contributed by atoms with E-state index in [1.54, 1.807) is 30.0 Å². The summed E-state index contributed by atoms with van der Waals surface area (Å²) in [5, 5.41) is 3.36. The van der Waals surface area contributed by atoms with Crippen LogP contribution in [-0.4, -0.2) is 41.9 Å². The fourth-order valence-corrected chi connectivity index (χ4v) is 2.94. The van der Waals surface area contributed by atoms with Gasteiger partial charge in [-0.3, -0.25) is 4.79 Å². The molecule has 0 saturated heterocycles. The number of carbonyl (C=O) groups excluding carboxylic acids is 1. The lowest BCUT2D eigenvalue weighted by atomic mass is 10.2.